The highest BCUT2D eigenvalue weighted by atomic mass is 15.1. The van der Waals surface area contributed by atoms with Gasteiger partial charge in [-0.25, -0.2) is 15.0 Å². The van der Waals surface area contributed by atoms with Gasteiger partial charge in [0, 0.05) is 75.6 Å². The summed E-state index contributed by atoms with van der Waals surface area (Å²) in [7, 11) is 0. The summed E-state index contributed by atoms with van der Waals surface area (Å²) in [6, 6.07) is 42.0. The number of rotatable bonds is 5. The van der Waals surface area contributed by atoms with Crippen LogP contribution in [0, 0.1) is 0 Å². The molecule has 0 N–H and O–H groups in total. The molecule has 8 aromatic rings. The fourth-order valence-corrected chi connectivity index (χ4v) is 7.46. The minimum Gasteiger partial charge on any atom is -0.376 e. The van der Waals surface area contributed by atoms with Crippen LogP contribution in [0.5, 0.6) is 0 Å². The first-order valence-corrected chi connectivity index (χ1v) is 17.2. The van der Waals surface area contributed by atoms with Crippen molar-refractivity contribution in [1.29, 1.82) is 0 Å². The summed E-state index contributed by atoms with van der Waals surface area (Å²) in [5, 5.41) is 1.08. The Labute approximate surface area is 300 Å². The number of fused-ring (bicyclic) bond motifs is 7. The van der Waals surface area contributed by atoms with Gasteiger partial charge in [-0.3, -0.25) is 15.0 Å². The number of aromatic nitrogens is 6. The van der Waals surface area contributed by atoms with E-state index in [9.17, 15) is 0 Å². The molecule has 0 bridgehead atoms. The number of anilines is 1. The number of hydrogen-bond acceptors (Lipinski definition) is 7. The Morgan fingerprint density at radius 1 is 0.500 bits per heavy atom. The van der Waals surface area contributed by atoms with Crippen LogP contribution in [0.4, 0.5) is 5.69 Å². The average molecular weight is 666 g/mol. The summed E-state index contributed by atoms with van der Waals surface area (Å²) < 4.78 is 0. The third-order valence-corrected chi connectivity index (χ3v) is 9.77. The lowest BCUT2D eigenvalue weighted by Gasteiger charge is -2.41. The molecule has 0 unspecified atom stereocenters. The third-order valence-electron chi connectivity index (χ3n) is 9.77. The zero-order valence-corrected chi connectivity index (χ0v) is 27.9. The lowest BCUT2D eigenvalue weighted by Crippen LogP contribution is -2.51. The summed E-state index contributed by atoms with van der Waals surface area (Å²) in [5.41, 5.74) is 12.6. The molecule has 4 aromatic heterocycles. The van der Waals surface area contributed by atoms with Crippen LogP contribution in [-0.2, 0) is 0 Å². The van der Waals surface area contributed by atoms with Crippen molar-refractivity contribution in [2.75, 3.05) is 4.81 Å². The van der Waals surface area contributed by atoms with Crippen LogP contribution in [0.15, 0.2) is 170 Å². The summed E-state index contributed by atoms with van der Waals surface area (Å²) in [5.74, 6) is 4.01. The Morgan fingerprint density at radius 2 is 1.15 bits per heavy atom. The van der Waals surface area contributed by atoms with Gasteiger partial charge in [-0.15, -0.1) is 0 Å². The molecule has 0 saturated carbocycles. The van der Waals surface area contributed by atoms with Gasteiger partial charge in [-0.05, 0) is 70.7 Å². The van der Waals surface area contributed by atoms with Crippen LogP contribution < -0.4 is 10.3 Å². The maximum absolute atomic E-state index is 5.13. The van der Waals surface area contributed by atoms with Crippen molar-refractivity contribution in [3.8, 4) is 56.4 Å². The van der Waals surface area contributed by atoms with Crippen molar-refractivity contribution in [1.82, 2.24) is 29.9 Å². The van der Waals surface area contributed by atoms with Gasteiger partial charge in [-0.2, -0.15) is 0 Å². The van der Waals surface area contributed by atoms with Gasteiger partial charge >= 0.3 is 6.85 Å². The first-order chi connectivity index (χ1) is 25.8. The van der Waals surface area contributed by atoms with Gasteiger partial charge in [0.15, 0.2) is 17.5 Å². The Bertz CT molecular complexity index is 2630. The summed E-state index contributed by atoms with van der Waals surface area (Å²) >= 11 is 0. The number of hydrogen-bond donors (Lipinski definition) is 0. The smallest absolute Gasteiger partial charge is 0.321 e. The monoisotopic (exact) mass is 665 g/mol. The highest BCUT2D eigenvalue weighted by Crippen LogP contribution is 2.46. The van der Waals surface area contributed by atoms with Crippen molar-refractivity contribution in [3.63, 3.8) is 0 Å². The molecule has 52 heavy (non-hydrogen) atoms. The number of allylic oxidation sites excluding steroid dienone is 2. The molecular formula is C44H28BN7. The average Bonchev–Trinajstić information content (AvgIpc) is 3.23. The lowest BCUT2D eigenvalue weighted by atomic mass is 9.48. The molecule has 2 aliphatic heterocycles. The van der Waals surface area contributed by atoms with Gasteiger partial charge in [0.2, 0.25) is 0 Å². The van der Waals surface area contributed by atoms with Gasteiger partial charge in [0.1, 0.15) is 0 Å². The Balaban J connectivity index is 1.28. The molecule has 8 heteroatoms. The molecule has 0 saturated heterocycles. The van der Waals surface area contributed by atoms with E-state index in [0.29, 0.717) is 17.5 Å². The van der Waals surface area contributed by atoms with E-state index >= 15 is 0 Å². The Hall–Kier alpha value is -7.06. The van der Waals surface area contributed by atoms with Crippen molar-refractivity contribution in [2.45, 2.75) is 0 Å². The molecule has 242 valence electrons. The predicted octanol–water partition coefficient (Wildman–Crippen LogP) is 8.71. The fourth-order valence-electron chi connectivity index (χ4n) is 7.46. The van der Waals surface area contributed by atoms with E-state index in [2.05, 4.69) is 124 Å². The van der Waals surface area contributed by atoms with E-state index in [1.807, 2.05) is 36.5 Å². The zero-order chi connectivity index (χ0) is 34.4. The fraction of sp³-hybridized carbons (Fsp3) is 0. The summed E-state index contributed by atoms with van der Waals surface area (Å²) in [6.07, 6.45) is 13.3. The molecule has 0 aliphatic carbocycles. The van der Waals surface area contributed by atoms with Crippen molar-refractivity contribution < 1.29 is 0 Å². The predicted molar refractivity (Wildman–Crippen MR) is 209 cm³/mol. The first-order valence-electron chi connectivity index (χ1n) is 17.2. The van der Waals surface area contributed by atoms with E-state index in [0.717, 1.165) is 66.7 Å². The van der Waals surface area contributed by atoms with Crippen LogP contribution >= 0.6 is 0 Å². The van der Waals surface area contributed by atoms with E-state index in [1.165, 1.54) is 5.56 Å². The normalized spacial score (nSPS) is 13.0. The second-order valence-corrected chi connectivity index (χ2v) is 12.8. The van der Waals surface area contributed by atoms with Gasteiger partial charge in [0.25, 0.3) is 0 Å². The third kappa shape index (κ3) is 5.00. The molecule has 7 nitrogen and oxygen atoms in total. The van der Waals surface area contributed by atoms with E-state index in [4.69, 9.17) is 19.9 Å². The van der Waals surface area contributed by atoms with E-state index in [-0.39, 0.29) is 6.85 Å². The van der Waals surface area contributed by atoms with Gasteiger partial charge in [-0.1, -0.05) is 90.9 Å². The maximum Gasteiger partial charge on any atom is 0.321 e. The number of nitrogens with zero attached hydrogens (tertiary/aromatic N) is 7. The largest absolute Gasteiger partial charge is 0.376 e. The molecule has 0 atom stereocenters. The number of pyridine rings is 3. The van der Waals surface area contributed by atoms with Crippen molar-refractivity contribution in [2.24, 2.45) is 0 Å². The Kier molecular flexibility index (Phi) is 7.09. The van der Waals surface area contributed by atoms with Crippen molar-refractivity contribution >= 4 is 34.6 Å². The molecule has 10 rings (SSSR count). The second-order valence-electron chi connectivity index (χ2n) is 12.8. The van der Waals surface area contributed by atoms with Gasteiger partial charge < -0.3 is 4.81 Å². The van der Waals surface area contributed by atoms with E-state index < -0.39 is 0 Å². The number of benzene rings is 4. The molecule has 0 amide bonds. The molecular weight excluding hydrogens is 637 g/mol. The molecule has 0 radical (unpaired) electrons. The Morgan fingerprint density at radius 3 is 1.90 bits per heavy atom. The molecule has 4 aromatic carbocycles. The van der Waals surface area contributed by atoms with Crippen LogP contribution in [0.1, 0.15) is 5.56 Å². The maximum atomic E-state index is 5.13. The standard InChI is InChI=1S/C44H28BN7/c1-2-9-29(10-3-1)38-16-7-21-45-37-28-33(44-50-42(31-17-23-46-24-18-31)49-43(51-44)32-19-25-47-26-20-32)27-36(34-14-6-11-30-12-8-22-48-41(30)34)40(37)35-13-4-5-15-39(35)52(38)45/h1-28H. The van der Waals surface area contributed by atoms with Gasteiger partial charge in [0.05, 0.1) is 5.52 Å². The lowest BCUT2D eigenvalue weighted by molar-refractivity contribution is 1.07. The molecule has 6 heterocycles. The highest BCUT2D eigenvalue weighted by Gasteiger charge is 2.38. The SMILES string of the molecule is C1=CB2c3cc(-c4nc(-c5ccncc5)nc(-c5ccncc5)n4)cc(-c4cccc5cccnc45)c3-c3ccccc3N2C(c2ccccc2)=C1. The topological polar surface area (TPSA) is 80.6 Å². The quantitative estimate of drug-likeness (QED) is 0.170. The van der Waals surface area contributed by atoms with Crippen molar-refractivity contribution in [3.05, 3.63) is 176 Å². The van der Waals surface area contributed by atoms with Crippen LogP contribution in [-0.4, -0.2) is 36.8 Å². The summed E-state index contributed by atoms with van der Waals surface area (Å²) in [4.78, 5) is 31.0. The van der Waals surface area contributed by atoms with Crippen LogP contribution in [0.2, 0.25) is 0 Å². The van der Waals surface area contributed by atoms with E-state index in [1.54, 1.807) is 24.8 Å². The first kappa shape index (κ1) is 29.8. The minimum atomic E-state index is -0.0899. The summed E-state index contributed by atoms with van der Waals surface area (Å²) in [6.45, 7) is -0.0899. The molecule has 2 aliphatic rings. The van der Waals surface area contributed by atoms with Crippen LogP contribution in [0.3, 0.4) is 0 Å². The minimum absolute atomic E-state index is 0.0899. The number of para-hydroxylation sites is 2. The molecule has 0 fully saturated rings. The second kappa shape index (κ2) is 12.4. The molecule has 0 spiro atoms. The zero-order valence-electron chi connectivity index (χ0n) is 27.9. The highest BCUT2D eigenvalue weighted by molar-refractivity contribution is 6.85. The van der Waals surface area contributed by atoms with Crippen LogP contribution in [0.25, 0.3) is 73.0 Å².